The van der Waals surface area contributed by atoms with Crippen molar-refractivity contribution in [2.24, 2.45) is 5.92 Å². The molecular weight excluding hydrogens is 260 g/mol. The van der Waals surface area contributed by atoms with Crippen LogP contribution >= 0.6 is 0 Å². The molecule has 21 heavy (non-hydrogen) atoms. The summed E-state index contributed by atoms with van der Waals surface area (Å²) in [6, 6.07) is 12.3. The number of carbonyl (C=O) groups is 1. The summed E-state index contributed by atoms with van der Waals surface area (Å²) in [5, 5.41) is 0. The normalized spacial score (nSPS) is 14.0. The lowest BCUT2D eigenvalue weighted by atomic mass is 9.92. The highest BCUT2D eigenvalue weighted by atomic mass is 16.5. The molecule has 0 unspecified atom stereocenters. The molecule has 2 aromatic carbocycles. The van der Waals surface area contributed by atoms with Gasteiger partial charge < -0.3 is 4.74 Å². The van der Waals surface area contributed by atoms with Crippen LogP contribution in [-0.4, -0.2) is 12.9 Å². The molecule has 0 amide bonds. The van der Waals surface area contributed by atoms with Crippen molar-refractivity contribution < 1.29 is 9.53 Å². The molecule has 2 nitrogen and oxygen atoms in total. The standard InChI is InChI=1S/C19H20O2/c1-12-8-9-17(19(21-3)13(12)2)18(20)16-10-14-6-4-5-7-15(14)11-16/h4-9,16H,10-11H2,1-3H3. The summed E-state index contributed by atoms with van der Waals surface area (Å²) < 4.78 is 5.49. The third-order valence-electron chi connectivity index (χ3n) is 4.57. The molecule has 0 N–H and O–H groups in total. The van der Waals surface area contributed by atoms with Gasteiger partial charge in [0.05, 0.1) is 12.7 Å². The number of rotatable bonds is 3. The molecule has 0 aliphatic heterocycles. The second-order valence-corrected chi connectivity index (χ2v) is 5.83. The average molecular weight is 280 g/mol. The summed E-state index contributed by atoms with van der Waals surface area (Å²) >= 11 is 0. The topological polar surface area (TPSA) is 26.3 Å². The molecule has 108 valence electrons. The maximum absolute atomic E-state index is 12.9. The first kappa shape index (κ1) is 13.9. The SMILES string of the molecule is COc1c(C(=O)C2Cc3ccccc3C2)ccc(C)c1C. The second kappa shape index (κ2) is 5.36. The predicted octanol–water partition coefficient (Wildman–Crippen LogP) is 3.91. The molecule has 2 heteroatoms. The van der Waals surface area contributed by atoms with Crippen LogP contribution in [0.5, 0.6) is 5.75 Å². The Balaban J connectivity index is 1.93. The number of carbonyl (C=O) groups excluding carboxylic acids is 1. The van der Waals surface area contributed by atoms with E-state index in [1.807, 2.05) is 38.1 Å². The van der Waals surface area contributed by atoms with Crippen molar-refractivity contribution in [2.75, 3.05) is 7.11 Å². The first-order valence-electron chi connectivity index (χ1n) is 7.37. The number of methoxy groups -OCH3 is 1. The Hall–Kier alpha value is -2.09. The summed E-state index contributed by atoms with van der Waals surface area (Å²) in [5.74, 6) is 0.973. The summed E-state index contributed by atoms with van der Waals surface area (Å²) in [5.41, 5.74) is 5.53. The highest BCUT2D eigenvalue weighted by Gasteiger charge is 2.29. The number of benzene rings is 2. The maximum atomic E-state index is 12.9. The van der Waals surface area contributed by atoms with Gasteiger partial charge in [-0.3, -0.25) is 4.79 Å². The van der Waals surface area contributed by atoms with Gasteiger partial charge in [-0.15, -0.1) is 0 Å². The van der Waals surface area contributed by atoms with E-state index in [9.17, 15) is 4.79 Å². The molecule has 0 heterocycles. The second-order valence-electron chi connectivity index (χ2n) is 5.83. The summed E-state index contributed by atoms with van der Waals surface area (Å²) in [4.78, 5) is 12.9. The molecule has 0 aromatic heterocycles. The lowest BCUT2D eigenvalue weighted by Crippen LogP contribution is -2.16. The van der Waals surface area contributed by atoms with Crippen LogP contribution in [0, 0.1) is 19.8 Å². The quantitative estimate of drug-likeness (QED) is 0.797. The molecule has 0 saturated heterocycles. The molecule has 0 spiro atoms. The van der Waals surface area contributed by atoms with Crippen molar-refractivity contribution in [3.63, 3.8) is 0 Å². The Morgan fingerprint density at radius 1 is 1.05 bits per heavy atom. The number of hydrogen-bond acceptors (Lipinski definition) is 2. The van der Waals surface area contributed by atoms with Crippen LogP contribution in [0.3, 0.4) is 0 Å². The van der Waals surface area contributed by atoms with Crippen molar-refractivity contribution in [1.82, 2.24) is 0 Å². The highest BCUT2D eigenvalue weighted by molar-refractivity contribution is 6.01. The van der Waals surface area contributed by atoms with Crippen LogP contribution in [0.2, 0.25) is 0 Å². The molecule has 0 saturated carbocycles. The van der Waals surface area contributed by atoms with Gasteiger partial charge in [-0.1, -0.05) is 30.3 Å². The fourth-order valence-corrected chi connectivity index (χ4v) is 3.21. The summed E-state index contributed by atoms with van der Waals surface area (Å²) in [6.07, 6.45) is 1.68. The van der Waals surface area contributed by atoms with Crippen LogP contribution in [0.15, 0.2) is 36.4 Å². The number of fused-ring (bicyclic) bond motifs is 1. The van der Waals surface area contributed by atoms with E-state index in [2.05, 4.69) is 12.1 Å². The number of ketones is 1. The van der Waals surface area contributed by atoms with E-state index >= 15 is 0 Å². The molecule has 2 aromatic rings. The fraction of sp³-hybridized carbons (Fsp3) is 0.316. The van der Waals surface area contributed by atoms with Crippen LogP contribution in [0.25, 0.3) is 0 Å². The molecule has 1 aliphatic rings. The number of Topliss-reactive ketones (excluding diaryl/α,β-unsaturated/α-hetero) is 1. The minimum Gasteiger partial charge on any atom is -0.496 e. The van der Waals surface area contributed by atoms with Crippen LogP contribution in [-0.2, 0) is 12.8 Å². The van der Waals surface area contributed by atoms with Crippen LogP contribution < -0.4 is 4.74 Å². The third-order valence-corrected chi connectivity index (χ3v) is 4.57. The van der Waals surface area contributed by atoms with Gasteiger partial charge in [0.2, 0.25) is 0 Å². The van der Waals surface area contributed by atoms with E-state index in [1.54, 1.807) is 7.11 Å². The molecular formula is C19H20O2. The first-order valence-corrected chi connectivity index (χ1v) is 7.37. The maximum Gasteiger partial charge on any atom is 0.170 e. The molecule has 0 radical (unpaired) electrons. The fourth-order valence-electron chi connectivity index (χ4n) is 3.21. The third kappa shape index (κ3) is 2.35. The van der Waals surface area contributed by atoms with Crippen molar-refractivity contribution in [1.29, 1.82) is 0 Å². The molecule has 0 fully saturated rings. The highest BCUT2D eigenvalue weighted by Crippen LogP contribution is 2.33. The van der Waals surface area contributed by atoms with Crippen molar-refractivity contribution in [3.8, 4) is 5.75 Å². The molecule has 0 atom stereocenters. The van der Waals surface area contributed by atoms with Crippen molar-refractivity contribution in [3.05, 3.63) is 64.2 Å². The van der Waals surface area contributed by atoms with E-state index in [0.717, 1.165) is 35.3 Å². The Kier molecular flexibility index (Phi) is 3.54. The molecule has 3 rings (SSSR count). The van der Waals surface area contributed by atoms with Gasteiger partial charge in [-0.25, -0.2) is 0 Å². The van der Waals surface area contributed by atoms with E-state index in [-0.39, 0.29) is 11.7 Å². The van der Waals surface area contributed by atoms with Gasteiger partial charge in [0.1, 0.15) is 5.75 Å². The van der Waals surface area contributed by atoms with E-state index < -0.39 is 0 Å². The minimum atomic E-state index is 0.0402. The number of aryl methyl sites for hydroxylation is 1. The first-order chi connectivity index (χ1) is 10.1. The predicted molar refractivity (Wildman–Crippen MR) is 84.1 cm³/mol. The summed E-state index contributed by atoms with van der Waals surface area (Å²) in [7, 11) is 1.64. The molecule has 1 aliphatic carbocycles. The van der Waals surface area contributed by atoms with Gasteiger partial charge >= 0.3 is 0 Å². The van der Waals surface area contributed by atoms with E-state index in [1.165, 1.54) is 11.1 Å². The van der Waals surface area contributed by atoms with Crippen LogP contribution in [0.1, 0.15) is 32.6 Å². The van der Waals surface area contributed by atoms with Crippen molar-refractivity contribution in [2.45, 2.75) is 26.7 Å². The van der Waals surface area contributed by atoms with Gasteiger partial charge in [0.25, 0.3) is 0 Å². The Labute approximate surface area is 125 Å². The Bertz CT molecular complexity index is 676. The number of hydrogen-bond donors (Lipinski definition) is 0. The Morgan fingerprint density at radius 3 is 2.24 bits per heavy atom. The average Bonchev–Trinajstić information content (AvgIpc) is 2.93. The lowest BCUT2D eigenvalue weighted by molar-refractivity contribution is 0.0921. The van der Waals surface area contributed by atoms with Crippen LogP contribution in [0.4, 0.5) is 0 Å². The minimum absolute atomic E-state index is 0.0402. The van der Waals surface area contributed by atoms with Gasteiger partial charge in [-0.2, -0.15) is 0 Å². The Morgan fingerprint density at radius 2 is 1.67 bits per heavy atom. The van der Waals surface area contributed by atoms with Crippen molar-refractivity contribution >= 4 is 5.78 Å². The zero-order chi connectivity index (χ0) is 15.0. The lowest BCUT2D eigenvalue weighted by Gasteiger charge is -2.15. The monoisotopic (exact) mass is 280 g/mol. The van der Waals surface area contributed by atoms with Gasteiger partial charge in [0.15, 0.2) is 5.78 Å². The van der Waals surface area contributed by atoms with E-state index in [4.69, 9.17) is 4.74 Å². The number of ether oxygens (including phenoxy) is 1. The zero-order valence-electron chi connectivity index (χ0n) is 12.8. The van der Waals surface area contributed by atoms with Gasteiger partial charge in [0, 0.05) is 5.92 Å². The summed E-state index contributed by atoms with van der Waals surface area (Å²) in [6.45, 7) is 4.05. The zero-order valence-corrected chi connectivity index (χ0v) is 12.8. The van der Waals surface area contributed by atoms with Gasteiger partial charge in [-0.05, 0) is 55.0 Å². The smallest absolute Gasteiger partial charge is 0.170 e. The largest absolute Gasteiger partial charge is 0.496 e. The van der Waals surface area contributed by atoms with E-state index in [0.29, 0.717) is 0 Å². The molecule has 0 bridgehead atoms.